The molecule has 14 heavy (non-hydrogen) atoms. The highest BCUT2D eigenvalue weighted by Gasteiger charge is 2.02. The normalized spacial score (nSPS) is 13.1. The number of nitrogens with two attached hydrogens (primary N) is 1. The SMILES string of the molecule is CCSCCCn1cc(C(C)N)cn1. The number of aryl methyl sites for hydroxylation is 1. The molecule has 4 heteroatoms. The lowest BCUT2D eigenvalue weighted by Crippen LogP contribution is -2.04. The lowest BCUT2D eigenvalue weighted by molar-refractivity contribution is 0.605. The monoisotopic (exact) mass is 213 g/mol. The third kappa shape index (κ3) is 3.72. The fourth-order valence-corrected chi connectivity index (χ4v) is 1.83. The minimum absolute atomic E-state index is 0.0915. The van der Waals surface area contributed by atoms with Crippen LogP contribution in [0.3, 0.4) is 0 Å². The highest BCUT2D eigenvalue weighted by molar-refractivity contribution is 7.99. The summed E-state index contributed by atoms with van der Waals surface area (Å²) in [6.07, 6.45) is 5.08. The highest BCUT2D eigenvalue weighted by atomic mass is 32.2. The molecular formula is C10H19N3S. The van der Waals surface area contributed by atoms with Crippen LogP contribution in [-0.2, 0) is 6.54 Å². The van der Waals surface area contributed by atoms with Crippen LogP contribution in [0.25, 0.3) is 0 Å². The maximum Gasteiger partial charge on any atom is 0.0537 e. The van der Waals surface area contributed by atoms with Gasteiger partial charge in [0.25, 0.3) is 0 Å². The fourth-order valence-electron chi connectivity index (χ4n) is 1.21. The summed E-state index contributed by atoms with van der Waals surface area (Å²) < 4.78 is 1.98. The number of hydrogen-bond donors (Lipinski definition) is 1. The van der Waals surface area contributed by atoms with Crippen molar-refractivity contribution in [3.8, 4) is 0 Å². The summed E-state index contributed by atoms with van der Waals surface area (Å²) in [6, 6.07) is 0.0915. The van der Waals surface area contributed by atoms with Gasteiger partial charge in [0.2, 0.25) is 0 Å². The summed E-state index contributed by atoms with van der Waals surface area (Å²) in [7, 11) is 0. The van der Waals surface area contributed by atoms with E-state index in [4.69, 9.17) is 5.73 Å². The molecule has 0 bridgehead atoms. The van der Waals surface area contributed by atoms with Gasteiger partial charge in [-0.15, -0.1) is 0 Å². The number of hydrogen-bond acceptors (Lipinski definition) is 3. The van der Waals surface area contributed by atoms with Crippen LogP contribution >= 0.6 is 11.8 Å². The molecule has 0 aliphatic heterocycles. The molecule has 1 heterocycles. The molecule has 0 saturated carbocycles. The molecular weight excluding hydrogens is 194 g/mol. The first kappa shape index (κ1) is 11.6. The van der Waals surface area contributed by atoms with Crippen molar-refractivity contribution in [1.29, 1.82) is 0 Å². The van der Waals surface area contributed by atoms with Crippen LogP contribution in [0.5, 0.6) is 0 Å². The Labute approximate surface area is 90.1 Å². The average Bonchev–Trinajstić information content (AvgIpc) is 2.61. The molecule has 0 aromatic carbocycles. The van der Waals surface area contributed by atoms with Gasteiger partial charge in [-0.3, -0.25) is 4.68 Å². The fraction of sp³-hybridized carbons (Fsp3) is 0.700. The zero-order chi connectivity index (χ0) is 10.4. The number of aromatic nitrogens is 2. The van der Waals surface area contributed by atoms with Crippen LogP contribution in [0.1, 0.15) is 31.9 Å². The van der Waals surface area contributed by atoms with Crippen LogP contribution in [0.2, 0.25) is 0 Å². The molecule has 0 aliphatic carbocycles. The minimum Gasteiger partial charge on any atom is -0.324 e. The Bertz CT molecular complexity index is 258. The van der Waals surface area contributed by atoms with Crippen LogP contribution in [-0.4, -0.2) is 21.3 Å². The van der Waals surface area contributed by atoms with Gasteiger partial charge in [-0.1, -0.05) is 6.92 Å². The van der Waals surface area contributed by atoms with Gasteiger partial charge in [-0.05, 0) is 24.9 Å². The van der Waals surface area contributed by atoms with Gasteiger partial charge < -0.3 is 5.73 Å². The summed E-state index contributed by atoms with van der Waals surface area (Å²) in [4.78, 5) is 0. The zero-order valence-electron chi connectivity index (χ0n) is 8.94. The Morgan fingerprint density at radius 2 is 2.43 bits per heavy atom. The highest BCUT2D eigenvalue weighted by Crippen LogP contribution is 2.08. The largest absolute Gasteiger partial charge is 0.324 e. The molecule has 2 N–H and O–H groups in total. The van der Waals surface area contributed by atoms with Crippen molar-refractivity contribution in [2.75, 3.05) is 11.5 Å². The minimum atomic E-state index is 0.0915. The molecule has 0 spiro atoms. The maximum atomic E-state index is 5.75. The van der Waals surface area contributed by atoms with E-state index in [2.05, 4.69) is 12.0 Å². The average molecular weight is 213 g/mol. The molecule has 80 valence electrons. The van der Waals surface area contributed by atoms with E-state index in [9.17, 15) is 0 Å². The second-order valence-corrected chi connectivity index (χ2v) is 4.77. The van der Waals surface area contributed by atoms with Gasteiger partial charge in [0.15, 0.2) is 0 Å². The maximum absolute atomic E-state index is 5.75. The summed E-state index contributed by atoms with van der Waals surface area (Å²) in [5.41, 5.74) is 6.86. The molecule has 0 amide bonds. The summed E-state index contributed by atoms with van der Waals surface area (Å²) in [5.74, 6) is 2.41. The summed E-state index contributed by atoms with van der Waals surface area (Å²) >= 11 is 1.97. The Balaban J connectivity index is 2.29. The summed E-state index contributed by atoms with van der Waals surface area (Å²) in [5, 5.41) is 4.26. The smallest absolute Gasteiger partial charge is 0.0537 e. The van der Waals surface area contributed by atoms with Gasteiger partial charge in [-0.2, -0.15) is 16.9 Å². The topological polar surface area (TPSA) is 43.8 Å². The lowest BCUT2D eigenvalue weighted by atomic mass is 10.2. The molecule has 1 rings (SSSR count). The van der Waals surface area contributed by atoms with E-state index in [-0.39, 0.29) is 6.04 Å². The molecule has 3 nitrogen and oxygen atoms in total. The van der Waals surface area contributed by atoms with E-state index in [0.717, 1.165) is 12.1 Å². The van der Waals surface area contributed by atoms with Crippen molar-refractivity contribution in [2.45, 2.75) is 32.9 Å². The molecule has 1 atom stereocenters. The van der Waals surface area contributed by atoms with E-state index in [1.807, 2.05) is 35.8 Å². The second-order valence-electron chi connectivity index (χ2n) is 3.38. The Kier molecular flexibility index (Phi) is 5.04. The molecule has 0 fully saturated rings. The van der Waals surface area contributed by atoms with Crippen molar-refractivity contribution in [1.82, 2.24) is 9.78 Å². The third-order valence-corrected chi connectivity index (χ3v) is 3.04. The predicted molar refractivity (Wildman–Crippen MR) is 62.4 cm³/mol. The lowest BCUT2D eigenvalue weighted by Gasteiger charge is -2.01. The molecule has 1 aromatic heterocycles. The van der Waals surface area contributed by atoms with Gasteiger partial charge in [0, 0.05) is 24.3 Å². The van der Waals surface area contributed by atoms with Crippen LogP contribution < -0.4 is 5.73 Å². The van der Waals surface area contributed by atoms with Crippen LogP contribution in [0, 0.1) is 0 Å². The first-order valence-corrected chi connectivity index (χ1v) is 6.25. The van der Waals surface area contributed by atoms with Gasteiger partial charge >= 0.3 is 0 Å². The molecule has 1 unspecified atom stereocenters. The molecule has 0 radical (unpaired) electrons. The van der Waals surface area contributed by atoms with Crippen molar-refractivity contribution in [2.24, 2.45) is 5.73 Å². The second kappa shape index (κ2) is 6.09. The van der Waals surface area contributed by atoms with Gasteiger partial charge in [0.05, 0.1) is 6.20 Å². The van der Waals surface area contributed by atoms with Crippen molar-refractivity contribution in [3.63, 3.8) is 0 Å². The van der Waals surface area contributed by atoms with E-state index < -0.39 is 0 Å². The molecule has 1 aromatic rings. The van der Waals surface area contributed by atoms with Gasteiger partial charge in [0.1, 0.15) is 0 Å². The summed E-state index contributed by atoms with van der Waals surface area (Å²) in [6.45, 7) is 5.17. The number of thioether (sulfide) groups is 1. The van der Waals surface area contributed by atoms with Gasteiger partial charge in [-0.25, -0.2) is 0 Å². The first-order valence-electron chi connectivity index (χ1n) is 5.09. The van der Waals surface area contributed by atoms with Crippen molar-refractivity contribution >= 4 is 11.8 Å². The Morgan fingerprint density at radius 1 is 1.64 bits per heavy atom. The van der Waals surface area contributed by atoms with Crippen molar-refractivity contribution in [3.05, 3.63) is 18.0 Å². The van der Waals surface area contributed by atoms with E-state index >= 15 is 0 Å². The molecule has 0 saturated heterocycles. The molecule has 0 aliphatic rings. The Hall–Kier alpha value is -0.480. The quantitative estimate of drug-likeness (QED) is 0.735. The van der Waals surface area contributed by atoms with Crippen LogP contribution in [0.15, 0.2) is 12.4 Å². The standard InChI is InChI=1S/C10H19N3S/c1-3-14-6-4-5-13-8-10(7-12-13)9(2)11/h7-9H,3-6,11H2,1-2H3. The first-order chi connectivity index (χ1) is 6.74. The number of nitrogens with zero attached hydrogens (tertiary/aromatic N) is 2. The van der Waals surface area contributed by atoms with E-state index in [1.54, 1.807) is 0 Å². The predicted octanol–water partition coefficient (Wildman–Crippen LogP) is 2.05. The Morgan fingerprint density at radius 3 is 3.00 bits per heavy atom. The van der Waals surface area contributed by atoms with E-state index in [1.165, 1.54) is 17.9 Å². The zero-order valence-corrected chi connectivity index (χ0v) is 9.76. The van der Waals surface area contributed by atoms with Crippen molar-refractivity contribution < 1.29 is 0 Å². The number of rotatable bonds is 6. The van der Waals surface area contributed by atoms with Crippen LogP contribution in [0.4, 0.5) is 0 Å². The third-order valence-electron chi connectivity index (χ3n) is 2.06. The van der Waals surface area contributed by atoms with E-state index in [0.29, 0.717) is 0 Å².